The maximum absolute atomic E-state index is 13.5. The molecule has 3 rings (SSSR count). The molecule has 0 saturated carbocycles. The Balaban J connectivity index is 1.80. The minimum absolute atomic E-state index is 0.0306. The topological polar surface area (TPSA) is 72.7 Å². The summed E-state index contributed by atoms with van der Waals surface area (Å²) in [7, 11) is 0. The van der Waals surface area contributed by atoms with E-state index in [0.717, 1.165) is 36.4 Å². The molecule has 0 spiro atoms. The highest BCUT2D eigenvalue weighted by atomic mass is 19.4. The monoisotopic (exact) mass is 417 g/mol. The van der Waals surface area contributed by atoms with Gasteiger partial charge in [0.05, 0.1) is 11.3 Å². The lowest BCUT2D eigenvalue weighted by molar-refractivity contribution is -0.142. The van der Waals surface area contributed by atoms with Gasteiger partial charge >= 0.3 is 6.18 Å². The van der Waals surface area contributed by atoms with Gasteiger partial charge in [0.25, 0.3) is 5.91 Å². The molecule has 6 nitrogen and oxygen atoms in total. The Morgan fingerprint density at radius 1 is 1.13 bits per heavy atom. The van der Waals surface area contributed by atoms with Gasteiger partial charge in [-0.3, -0.25) is 9.78 Å². The SMILES string of the molecule is CCCCCCNC(=O)c1ccc(-n2nc(-c3cccnc3)cc2C(F)(F)F)nc1. The number of halogens is 3. The molecule has 0 fully saturated rings. The summed E-state index contributed by atoms with van der Waals surface area (Å²) in [4.78, 5) is 20.1. The fourth-order valence-corrected chi connectivity index (χ4v) is 2.91. The number of rotatable bonds is 8. The summed E-state index contributed by atoms with van der Waals surface area (Å²) >= 11 is 0. The number of carbonyl (C=O) groups is 1. The molecule has 0 aliphatic heterocycles. The number of carbonyl (C=O) groups excluding carboxylic acids is 1. The zero-order valence-electron chi connectivity index (χ0n) is 16.5. The summed E-state index contributed by atoms with van der Waals surface area (Å²) in [6.45, 7) is 2.65. The average Bonchev–Trinajstić information content (AvgIpc) is 3.20. The number of pyridine rings is 2. The van der Waals surface area contributed by atoms with Gasteiger partial charge in [-0.05, 0) is 36.8 Å². The van der Waals surface area contributed by atoms with E-state index in [9.17, 15) is 18.0 Å². The van der Waals surface area contributed by atoms with E-state index in [0.29, 0.717) is 12.1 Å². The molecule has 0 radical (unpaired) electrons. The summed E-state index contributed by atoms with van der Waals surface area (Å²) in [6, 6.07) is 6.99. The Kier molecular flexibility index (Phi) is 6.81. The number of nitrogens with zero attached hydrogens (tertiary/aromatic N) is 4. The average molecular weight is 417 g/mol. The van der Waals surface area contributed by atoms with Crippen molar-refractivity contribution >= 4 is 5.91 Å². The molecule has 3 aromatic heterocycles. The number of amides is 1. The van der Waals surface area contributed by atoms with Gasteiger partial charge in [-0.25, -0.2) is 9.67 Å². The summed E-state index contributed by atoms with van der Waals surface area (Å²) < 4.78 is 41.3. The maximum Gasteiger partial charge on any atom is 0.433 e. The second-order valence-electron chi connectivity index (χ2n) is 6.79. The standard InChI is InChI=1S/C21H22F3N5O/c1-2-3-4-5-11-26-20(30)16-8-9-19(27-14-16)29-18(21(22,23)24)12-17(28-29)15-7-6-10-25-13-15/h6-10,12-14H,2-5,11H2,1H3,(H,26,30). The third kappa shape index (κ3) is 5.22. The van der Waals surface area contributed by atoms with E-state index in [1.165, 1.54) is 30.7 Å². The third-order valence-electron chi connectivity index (χ3n) is 4.50. The van der Waals surface area contributed by atoms with Crippen LogP contribution in [0.5, 0.6) is 0 Å². The zero-order chi connectivity index (χ0) is 21.6. The molecule has 0 saturated heterocycles. The van der Waals surface area contributed by atoms with Crippen LogP contribution in [-0.2, 0) is 6.18 Å². The van der Waals surface area contributed by atoms with Crippen molar-refractivity contribution in [3.8, 4) is 17.1 Å². The molecule has 9 heteroatoms. The fraction of sp³-hybridized carbons (Fsp3) is 0.333. The van der Waals surface area contributed by atoms with Crippen LogP contribution in [0.3, 0.4) is 0 Å². The lowest BCUT2D eigenvalue weighted by Crippen LogP contribution is -2.24. The quantitative estimate of drug-likeness (QED) is 0.541. The van der Waals surface area contributed by atoms with Crippen molar-refractivity contribution in [3.05, 3.63) is 60.2 Å². The Hall–Kier alpha value is -3.23. The predicted molar refractivity (Wildman–Crippen MR) is 106 cm³/mol. The number of aromatic nitrogens is 4. The van der Waals surface area contributed by atoms with Crippen molar-refractivity contribution in [2.24, 2.45) is 0 Å². The highest BCUT2D eigenvalue weighted by molar-refractivity contribution is 5.93. The van der Waals surface area contributed by atoms with Crippen LogP contribution in [0, 0.1) is 0 Å². The lowest BCUT2D eigenvalue weighted by Gasteiger charge is -2.10. The van der Waals surface area contributed by atoms with E-state index in [1.54, 1.807) is 12.1 Å². The molecule has 0 atom stereocenters. The highest BCUT2D eigenvalue weighted by Gasteiger charge is 2.36. The first-order valence-electron chi connectivity index (χ1n) is 9.72. The fourth-order valence-electron chi connectivity index (χ4n) is 2.91. The minimum Gasteiger partial charge on any atom is -0.352 e. The zero-order valence-corrected chi connectivity index (χ0v) is 16.5. The van der Waals surface area contributed by atoms with Crippen molar-refractivity contribution in [1.82, 2.24) is 25.1 Å². The van der Waals surface area contributed by atoms with Crippen LogP contribution < -0.4 is 5.32 Å². The number of nitrogens with one attached hydrogen (secondary N) is 1. The molecular formula is C21H22F3N5O. The highest BCUT2D eigenvalue weighted by Crippen LogP contribution is 2.33. The normalized spacial score (nSPS) is 11.5. The first kappa shape index (κ1) is 21.5. The second-order valence-corrected chi connectivity index (χ2v) is 6.79. The van der Waals surface area contributed by atoms with Crippen molar-refractivity contribution in [3.63, 3.8) is 0 Å². The van der Waals surface area contributed by atoms with Gasteiger partial charge in [0.1, 0.15) is 0 Å². The number of unbranched alkanes of at least 4 members (excludes halogenated alkanes) is 3. The Morgan fingerprint density at radius 2 is 1.97 bits per heavy atom. The van der Waals surface area contributed by atoms with Crippen LogP contribution in [0.1, 0.15) is 48.7 Å². The van der Waals surface area contributed by atoms with Crippen molar-refractivity contribution in [2.75, 3.05) is 6.54 Å². The maximum atomic E-state index is 13.5. The van der Waals surface area contributed by atoms with Gasteiger partial charge in [0.2, 0.25) is 0 Å². The Labute approximate surface area is 172 Å². The van der Waals surface area contributed by atoms with E-state index in [-0.39, 0.29) is 23.0 Å². The van der Waals surface area contributed by atoms with Crippen LogP contribution in [0.4, 0.5) is 13.2 Å². The van der Waals surface area contributed by atoms with Gasteiger partial charge < -0.3 is 5.32 Å². The predicted octanol–water partition coefficient (Wildman–Crippen LogP) is 4.66. The van der Waals surface area contributed by atoms with E-state index in [4.69, 9.17) is 0 Å². The molecule has 0 aromatic carbocycles. The first-order valence-corrected chi connectivity index (χ1v) is 9.72. The van der Waals surface area contributed by atoms with Crippen LogP contribution in [-0.4, -0.2) is 32.2 Å². The summed E-state index contributed by atoms with van der Waals surface area (Å²) in [5, 5.41) is 6.85. The largest absolute Gasteiger partial charge is 0.433 e. The molecule has 0 aliphatic carbocycles. The van der Waals surface area contributed by atoms with Crippen LogP contribution in [0.15, 0.2) is 48.9 Å². The molecule has 158 valence electrons. The smallest absolute Gasteiger partial charge is 0.352 e. The first-order chi connectivity index (χ1) is 14.4. The van der Waals surface area contributed by atoms with Crippen LogP contribution >= 0.6 is 0 Å². The van der Waals surface area contributed by atoms with E-state index in [2.05, 4.69) is 27.3 Å². The molecule has 0 aliphatic rings. The molecule has 0 unspecified atom stereocenters. The minimum atomic E-state index is -4.62. The van der Waals surface area contributed by atoms with Gasteiger partial charge in [-0.1, -0.05) is 26.2 Å². The summed E-state index contributed by atoms with van der Waals surface area (Å²) in [6.07, 6.45) is 3.73. The molecular weight excluding hydrogens is 395 g/mol. The number of hydrogen-bond acceptors (Lipinski definition) is 4. The van der Waals surface area contributed by atoms with E-state index in [1.807, 2.05) is 0 Å². The molecule has 3 aromatic rings. The lowest BCUT2D eigenvalue weighted by atomic mass is 10.2. The molecule has 3 heterocycles. The van der Waals surface area contributed by atoms with Crippen molar-refractivity contribution in [1.29, 1.82) is 0 Å². The Bertz CT molecular complexity index is 969. The second kappa shape index (κ2) is 9.51. The van der Waals surface area contributed by atoms with Gasteiger partial charge in [-0.2, -0.15) is 18.3 Å². The van der Waals surface area contributed by atoms with Crippen molar-refractivity contribution < 1.29 is 18.0 Å². The molecule has 1 N–H and O–H groups in total. The third-order valence-corrected chi connectivity index (χ3v) is 4.50. The number of hydrogen-bond donors (Lipinski definition) is 1. The summed E-state index contributed by atoms with van der Waals surface area (Å²) in [5.41, 5.74) is -0.0867. The van der Waals surface area contributed by atoms with Crippen LogP contribution in [0.25, 0.3) is 17.1 Å². The molecule has 0 bridgehead atoms. The number of alkyl halides is 3. The van der Waals surface area contributed by atoms with Crippen LogP contribution in [0.2, 0.25) is 0 Å². The van der Waals surface area contributed by atoms with Crippen molar-refractivity contribution in [2.45, 2.75) is 38.8 Å². The van der Waals surface area contributed by atoms with E-state index >= 15 is 0 Å². The van der Waals surface area contributed by atoms with Gasteiger partial charge in [0, 0.05) is 30.7 Å². The van der Waals surface area contributed by atoms with Gasteiger partial charge in [0.15, 0.2) is 11.5 Å². The summed E-state index contributed by atoms with van der Waals surface area (Å²) in [5.74, 6) is -0.338. The molecule has 1 amide bonds. The van der Waals surface area contributed by atoms with E-state index < -0.39 is 11.9 Å². The Morgan fingerprint density at radius 3 is 2.60 bits per heavy atom. The molecule has 30 heavy (non-hydrogen) atoms. The van der Waals surface area contributed by atoms with Gasteiger partial charge in [-0.15, -0.1) is 0 Å².